The zero-order valence-corrected chi connectivity index (χ0v) is 9.64. The Morgan fingerprint density at radius 3 is 2.50 bits per heavy atom. The second-order valence-electron chi connectivity index (χ2n) is 3.89. The van der Waals surface area contributed by atoms with Crippen LogP contribution in [0, 0.1) is 0 Å². The van der Waals surface area contributed by atoms with Crippen LogP contribution in [0.15, 0.2) is 0 Å². The fraction of sp³-hybridized carbons (Fsp3) is 0.900. The number of nitrogens with one attached hydrogen (secondary N) is 1. The highest BCUT2D eigenvalue weighted by molar-refractivity contribution is 7.99. The van der Waals surface area contributed by atoms with Crippen LogP contribution in [0.25, 0.3) is 0 Å². The lowest BCUT2D eigenvalue weighted by Crippen LogP contribution is -2.41. The fourth-order valence-electron chi connectivity index (χ4n) is 1.65. The number of thioether (sulfide) groups is 1. The molecule has 1 fully saturated rings. The number of hydrogen-bond donors (Lipinski definition) is 2. The van der Waals surface area contributed by atoms with Gasteiger partial charge in [-0.25, -0.2) is 0 Å². The normalized spacial score (nSPS) is 29.6. The minimum atomic E-state index is -0.152. The summed E-state index contributed by atoms with van der Waals surface area (Å²) >= 11 is 1.56. The molecule has 1 aliphatic carbocycles. The maximum absolute atomic E-state index is 11.5. The summed E-state index contributed by atoms with van der Waals surface area (Å²) in [6.45, 7) is 1.91. The summed E-state index contributed by atoms with van der Waals surface area (Å²) in [4.78, 5) is 11.5. The number of carbonyl (C=O) groups excluding carboxylic acids is 1. The Bertz CT molecular complexity index is 191. The highest BCUT2D eigenvalue weighted by Gasteiger charge is 2.22. The molecule has 1 unspecified atom stereocenters. The van der Waals surface area contributed by atoms with E-state index in [1.54, 1.807) is 11.8 Å². The molecule has 2 N–H and O–H groups in total. The van der Waals surface area contributed by atoms with Crippen LogP contribution in [0.5, 0.6) is 0 Å². The van der Waals surface area contributed by atoms with Crippen LogP contribution in [0.4, 0.5) is 0 Å². The summed E-state index contributed by atoms with van der Waals surface area (Å²) in [5.41, 5.74) is 0. The van der Waals surface area contributed by atoms with Gasteiger partial charge >= 0.3 is 0 Å². The molecule has 0 aromatic carbocycles. The molecular weight excluding hydrogens is 198 g/mol. The van der Waals surface area contributed by atoms with Gasteiger partial charge in [0.25, 0.3) is 0 Å². The van der Waals surface area contributed by atoms with Crippen LogP contribution in [-0.4, -0.2) is 34.7 Å². The average Bonchev–Trinajstić information content (AvgIpc) is 2.20. The molecule has 1 aliphatic rings. The molecule has 1 amide bonds. The number of aliphatic hydroxyl groups excluding tert-OH is 1. The van der Waals surface area contributed by atoms with Crippen molar-refractivity contribution in [3.63, 3.8) is 0 Å². The third-order valence-electron chi connectivity index (χ3n) is 2.77. The quantitative estimate of drug-likeness (QED) is 0.746. The van der Waals surface area contributed by atoms with Gasteiger partial charge in [0.2, 0.25) is 5.91 Å². The number of aliphatic hydroxyl groups is 1. The monoisotopic (exact) mass is 217 g/mol. The Morgan fingerprint density at radius 2 is 2.00 bits per heavy atom. The molecule has 0 aliphatic heterocycles. The molecule has 4 heteroatoms. The fourth-order valence-corrected chi connectivity index (χ4v) is 1.93. The van der Waals surface area contributed by atoms with Crippen LogP contribution >= 0.6 is 11.8 Å². The van der Waals surface area contributed by atoms with E-state index in [0.29, 0.717) is 0 Å². The van der Waals surface area contributed by atoms with Gasteiger partial charge in [0.1, 0.15) is 0 Å². The van der Waals surface area contributed by atoms with Crippen molar-refractivity contribution in [2.24, 2.45) is 0 Å². The zero-order chi connectivity index (χ0) is 10.6. The molecule has 0 aromatic rings. The van der Waals surface area contributed by atoms with Crippen molar-refractivity contribution in [2.45, 2.75) is 50.0 Å². The Hall–Kier alpha value is -0.220. The second-order valence-corrected chi connectivity index (χ2v) is 5.07. The third kappa shape index (κ3) is 3.50. The molecule has 1 rings (SSSR count). The molecule has 14 heavy (non-hydrogen) atoms. The summed E-state index contributed by atoms with van der Waals surface area (Å²) in [5.74, 6) is 0.124. The third-order valence-corrected chi connectivity index (χ3v) is 3.69. The minimum absolute atomic E-state index is 0.0295. The topological polar surface area (TPSA) is 49.3 Å². The molecule has 3 nitrogen and oxygen atoms in total. The highest BCUT2D eigenvalue weighted by Crippen LogP contribution is 2.18. The smallest absolute Gasteiger partial charge is 0.233 e. The Morgan fingerprint density at radius 1 is 1.43 bits per heavy atom. The first kappa shape index (κ1) is 11.9. The van der Waals surface area contributed by atoms with Crippen LogP contribution in [0.2, 0.25) is 0 Å². The number of amides is 1. The van der Waals surface area contributed by atoms with Gasteiger partial charge in [-0.05, 0) is 38.9 Å². The molecule has 0 bridgehead atoms. The standard InChI is InChI=1S/C10H19NO2S/c1-7(14-2)10(13)11-8-3-5-9(12)6-4-8/h7-9,12H,3-6H2,1-2H3,(H,11,13). The van der Waals surface area contributed by atoms with Gasteiger partial charge in [0.15, 0.2) is 0 Å². The lowest BCUT2D eigenvalue weighted by molar-refractivity contribution is -0.121. The van der Waals surface area contributed by atoms with E-state index in [2.05, 4.69) is 5.32 Å². The van der Waals surface area contributed by atoms with Gasteiger partial charge in [0.05, 0.1) is 11.4 Å². The van der Waals surface area contributed by atoms with Gasteiger partial charge in [-0.1, -0.05) is 0 Å². The van der Waals surface area contributed by atoms with Crippen molar-refractivity contribution in [3.05, 3.63) is 0 Å². The predicted octanol–water partition coefficient (Wildman–Crippen LogP) is 1.16. The van der Waals surface area contributed by atoms with Crippen molar-refractivity contribution < 1.29 is 9.90 Å². The van der Waals surface area contributed by atoms with E-state index in [0.717, 1.165) is 25.7 Å². The molecule has 1 atom stereocenters. The van der Waals surface area contributed by atoms with E-state index < -0.39 is 0 Å². The summed E-state index contributed by atoms with van der Waals surface area (Å²) in [6, 6.07) is 0.278. The molecule has 82 valence electrons. The van der Waals surface area contributed by atoms with Crippen molar-refractivity contribution in [1.29, 1.82) is 0 Å². The molecule has 0 aromatic heterocycles. The van der Waals surface area contributed by atoms with E-state index in [9.17, 15) is 9.90 Å². The molecule has 0 saturated heterocycles. The zero-order valence-electron chi connectivity index (χ0n) is 8.82. The maximum Gasteiger partial charge on any atom is 0.233 e. The van der Waals surface area contributed by atoms with Gasteiger partial charge in [-0.2, -0.15) is 11.8 Å². The average molecular weight is 217 g/mol. The first-order valence-electron chi connectivity index (χ1n) is 5.14. The van der Waals surface area contributed by atoms with Crippen molar-refractivity contribution in [3.8, 4) is 0 Å². The van der Waals surface area contributed by atoms with Gasteiger partial charge < -0.3 is 10.4 Å². The van der Waals surface area contributed by atoms with Crippen molar-refractivity contribution in [2.75, 3.05) is 6.26 Å². The number of carbonyl (C=O) groups is 1. The Kier molecular flexibility index (Phi) is 4.75. The Balaban J connectivity index is 2.27. The lowest BCUT2D eigenvalue weighted by atomic mass is 9.93. The largest absolute Gasteiger partial charge is 0.393 e. The van der Waals surface area contributed by atoms with E-state index >= 15 is 0 Å². The molecule has 0 spiro atoms. The highest BCUT2D eigenvalue weighted by atomic mass is 32.2. The first-order chi connectivity index (χ1) is 6.63. The number of hydrogen-bond acceptors (Lipinski definition) is 3. The molecule has 1 saturated carbocycles. The van der Waals surface area contributed by atoms with Crippen LogP contribution in [-0.2, 0) is 4.79 Å². The molecule has 0 radical (unpaired) electrons. The van der Waals surface area contributed by atoms with Crippen molar-refractivity contribution in [1.82, 2.24) is 5.32 Å². The molecule has 0 heterocycles. The van der Waals surface area contributed by atoms with Crippen LogP contribution in [0.1, 0.15) is 32.6 Å². The van der Waals surface area contributed by atoms with E-state index in [1.165, 1.54) is 0 Å². The summed E-state index contributed by atoms with van der Waals surface area (Å²) in [7, 11) is 0. The van der Waals surface area contributed by atoms with Crippen LogP contribution in [0.3, 0.4) is 0 Å². The summed E-state index contributed by atoms with van der Waals surface area (Å²) in [6.07, 6.45) is 5.25. The molecular formula is C10H19NO2S. The number of rotatable bonds is 3. The van der Waals surface area contributed by atoms with Gasteiger partial charge in [-0.15, -0.1) is 0 Å². The Labute approximate surface area is 89.6 Å². The first-order valence-corrected chi connectivity index (χ1v) is 6.43. The SMILES string of the molecule is CSC(C)C(=O)NC1CCC(O)CC1. The van der Waals surface area contributed by atoms with Crippen molar-refractivity contribution >= 4 is 17.7 Å². The van der Waals surface area contributed by atoms with Crippen LogP contribution < -0.4 is 5.32 Å². The minimum Gasteiger partial charge on any atom is -0.393 e. The second kappa shape index (κ2) is 5.61. The lowest BCUT2D eigenvalue weighted by Gasteiger charge is -2.27. The van der Waals surface area contributed by atoms with Gasteiger partial charge in [0, 0.05) is 6.04 Å². The van der Waals surface area contributed by atoms with Gasteiger partial charge in [-0.3, -0.25) is 4.79 Å². The predicted molar refractivity (Wildman–Crippen MR) is 59.4 cm³/mol. The van der Waals surface area contributed by atoms with E-state index in [4.69, 9.17) is 0 Å². The summed E-state index contributed by atoms with van der Waals surface area (Å²) in [5, 5.41) is 12.3. The maximum atomic E-state index is 11.5. The van der Waals surface area contributed by atoms with E-state index in [-0.39, 0.29) is 23.3 Å². The van der Waals surface area contributed by atoms with E-state index in [1.807, 2.05) is 13.2 Å². The summed E-state index contributed by atoms with van der Waals surface area (Å²) < 4.78 is 0.